The van der Waals surface area contributed by atoms with Gasteiger partial charge in [0.05, 0.1) is 36.6 Å². The molecule has 3 aliphatic rings. The lowest BCUT2D eigenvalue weighted by Crippen LogP contribution is -2.59. The van der Waals surface area contributed by atoms with Gasteiger partial charge < -0.3 is 34.6 Å². The van der Waals surface area contributed by atoms with Crippen molar-refractivity contribution in [1.29, 1.82) is 0 Å². The van der Waals surface area contributed by atoms with Crippen molar-refractivity contribution < 1.29 is 33.8 Å². The Morgan fingerprint density at radius 2 is 1.64 bits per heavy atom. The molecule has 2 N–H and O–H groups in total. The Kier molecular flexibility index (Phi) is 13.9. The second-order valence-electron chi connectivity index (χ2n) is 15.3. The third-order valence-corrected chi connectivity index (χ3v) is 12.7. The Bertz CT molecular complexity index is 1930. The second-order valence-corrected chi connectivity index (χ2v) is 16.5. The number of benzene rings is 3. The highest BCUT2D eigenvalue weighted by Gasteiger charge is 2.77. The molecule has 0 aromatic heterocycles. The van der Waals surface area contributed by atoms with Crippen LogP contribution >= 0.6 is 15.9 Å². The van der Waals surface area contributed by atoms with E-state index >= 15 is 9.59 Å². The SMILES string of the molecule is C=CCCC(=O)N[C@@H](C)[C@H](OC(=O)[C@H]1[C@@H]2O[C@@]3(CC2Br)[C@@H]1C(=O)N([C@@H](CO)Cc1ccccc1)[C@@H]3C(=O)N(CC=C)c1ccc(N(CC)CC)cc1)c1ccccc1. The summed E-state index contributed by atoms with van der Waals surface area (Å²) in [7, 11) is 0. The van der Waals surface area contributed by atoms with Crippen LogP contribution in [0.3, 0.4) is 0 Å². The highest BCUT2D eigenvalue weighted by molar-refractivity contribution is 9.09. The molecule has 3 fully saturated rings. The summed E-state index contributed by atoms with van der Waals surface area (Å²) >= 11 is 3.78. The van der Waals surface area contributed by atoms with E-state index in [4.69, 9.17) is 9.47 Å². The Morgan fingerprint density at radius 1 is 1.00 bits per heavy atom. The van der Waals surface area contributed by atoms with Crippen LogP contribution in [0.4, 0.5) is 11.4 Å². The van der Waals surface area contributed by atoms with Crippen molar-refractivity contribution in [3.05, 3.63) is 121 Å². The molecule has 3 aromatic rings. The van der Waals surface area contributed by atoms with E-state index in [-0.39, 0.29) is 31.7 Å². The molecule has 12 heteroatoms. The Morgan fingerprint density at radius 3 is 2.24 bits per heavy atom. The third kappa shape index (κ3) is 8.37. The lowest BCUT2D eigenvalue weighted by atomic mass is 9.70. The number of fused-ring (bicyclic) bond motifs is 1. The number of rotatable bonds is 19. The number of esters is 1. The van der Waals surface area contributed by atoms with Crippen molar-refractivity contribution in [1.82, 2.24) is 10.2 Å². The fourth-order valence-corrected chi connectivity index (χ4v) is 10.1. The number of hydrogen-bond acceptors (Lipinski definition) is 8. The molecule has 58 heavy (non-hydrogen) atoms. The summed E-state index contributed by atoms with van der Waals surface area (Å²) in [5.41, 5.74) is 1.75. The van der Waals surface area contributed by atoms with Gasteiger partial charge in [-0.15, -0.1) is 13.2 Å². The minimum absolute atomic E-state index is 0.146. The zero-order chi connectivity index (χ0) is 41.6. The first-order valence-corrected chi connectivity index (χ1v) is 21.2. The van der Waals surface area contributed by atoms with E-state index in [0.717, 1.165) is 24.3 Å². The molecule has 308 valence electrons. The van der Waals surface area contributed by atoms with Crippen LogP contribution in [0, 0.1) is 11.8 Å². The van der Waals surface area contributed by atoms with E-state index in [2.05, 4.69) is 53.2 Å². The van der Waals surface area contributed by atoms with Gasteiger partial charge in [0.2, 0.25) is 11.8 Å². The number of nitrogens with one attached hydrogen (secondary N) is 1. The first-order valence-electron chi connectivity index (χ1n) is 20.2. The van der Waals surface area contributed by atoms with Gasteiger partial charge in [-0.1, -0.05) is 88.7 Å². The summed E-state index contributed by atoms with van der Waals surface area (Å²) in [4.78, 5) is 63.0. The molecule has 2 bridgehead atoms. The van der Waals surface area contributed by atoms with Crippen molar-refractivity contribution in [2.75, 3.05) is 36.0 Å². The van der Waals surface area contributed by atoms with Crippen molar-refractivity contribution in [3.8, 4) is 0 Å². The van der Waals surface area contributed by atoms with Gasteiger partial charge in [-0.3, -0.25) is 19.2 Å². The van der Waals surface area contributed by atoms with Crippen LogP contribution < -0.4 is 15.1 Å². The number of hydrogen-bond donors (Lipinski definition) is 2. The Balaban J connectivity index is 1.40. The van der Waals surface area contributed by atoms with Gasteiger partial charge in [-0.05, 0) is 75.4 Å². The first kappa shape index (κ1) is 42.8. The van der Waals surface area contributed by atoms with E-state index in [1.807, 2.05) is 84.9 Å². The van der Waals surface area contributed by atoms with Crippen LogP contribution in [-0.2, 0) is 35.1 Å². The van der Waals surface area contributed by atoms with Crippen molar-refractivity contribution >= 4 is 51.0 Å². The van der Waals surface area contributed by atoms with Gasteiger partial charge in [-0.25, -0.2) is 0 Å². The molecule has 0 saturated carbocycles. The summed E-state index contributed by atoms with van der Waals surface area (Å²) < 4.78 is 13.2. The topological polar surface area (TPSA) is 129 Å². The maximum atomic E-state index is 15.4. The highest BCUT2D eigenvalue weighted by Crippen LogP contribution is 2.61. The van der Waals surface area contributed by atoms with Gasteiger partial charge in [0, 0.05) is 42.3 Å². The number of allylic oxidation sites excluding steroid dienone is 1. The number of anilines is 2. The molecule has 3 saturated heterocycles. The maximum absolute atomic E-state index is 15.4. The monoisotopic (exact) mass is 854 g/mol. The number of aliphatic hydroxyl groups excluding tert-OH is 1. The zero-order valence-corrected chi connectivity index (χ0v) is 35.1. The Hall–Kier alpha value is -4.78. The summed E-state index contributed by atoms with van der Waals surface area (Å²) in [6.45, 7) is 15.0. The van der Waals surface area contributed by atoms with Gasteiger partial charge in [0.25, 0.3) is 5.91 Å². The van der Waals surface area contributed by atoms with Gasteiger partial charge in [0.1, 0.15) is 17.7 Å². The average Bonchev–Trinajstić information content (AvgIpc) is 3.84. The fraction of sp³-hybridized carbons (Fsp3) is 0.435. The number of amides is 3. The molecule has 3 aromatic carbocycles. The fourth-order valence-electron chi connectivity index (χ4n) is 9.12. The molecule has 0 aliphatic carbocycles. The van der Waals surface area contributed by atoms with Crippen LogP contribution in [0.15, 0.2) is 110 Å². The number of ether oxygens (including phenoxy) is 2. The summed E-state index contributed by atoms with van der Waals surface area (Å²) in [5.74, 6) is -3.89. The van der Waals surface area contributed by atoms with Crippen LogP contribution in [0.1, 0.15) is 57.3 Å². The number of carbonyl (C=O) groups excluding carboxylic acids is 4. The van der Waals surface area contributed by atoms with Crippen molar-refractivity contribution in [2.45, 2.75) is 87.2 Å². The number of carbonyl (C=O) groups is 4. The molecular weight excluding hydrogens is 800 g/mol. The van der Waals surface area contributed by atoms with Crippen molar-refractivity contribution in [3.63, 3.8) is 0 Å². The average molecular weight is 856 g/mol. The number of likely N-dealkylation sites (tertiary alicyclic amines) is 1. The third-order valence-electron chi connectivity index (χ3n) is 11.8. The normalized spacial score (nSPS) is 24.7. The van der Waals surface area contributed by atoms with E-state index in [0.29, 0.717) is 17.7 Å². The lowest BCUT2D eigenvalue weighted by Gasteiger charge is -2.39. The molecule has 1 unspecified atom stereocenters. The van der Waals surface area contributed by atoms with Crippen LogP contribution in [0.5, 0.6) is 0 Å². The molecule has 11 nitrogen and oxygen atoms in total. The quantitative estimate of drug-likeness (QED) is 0.0835. The van der Waals surface area contributed by atoms with Gasteiger partial charge in [0.15, 0.2) is 0 Å². The van der Waals surface area contributed by atoms with Gasteiger partial charge in [-0.2, -0.15) is 0 Å². The van der Waals surface area contributed by atoms with Crippen LogP contribution in [0.2, 0.25) is 0 Å². The second kappa shape index (κ2) is 18.9. The molecule has 1 spiro atoms. The summed E-state index contributed by atoms with van der Waals surface area (Å²) in [6, 6.07) is 23.8. The minimum Gasteiger partial charge on any atom is -0.455 e. The smallest absolute Gasteiger partial charge is 0.313 e. The highest BCUT2D eigenvalue weighted by atomic mass is 79.9. The van der Waals surface area contributed by atoms with Crippen LogP contribution in [-0.4, -0.2) is 94.6 Å². The molecular formula is C46H55BrN4O7. The predicted molar refractivity (Wildman–Crippen MR) is 228 cm³/mol. The molecule has 3 amide bonds. The molecule has 3 heterocycles. The lowest BCUT2D eigenvalue weighted by molar-refractivity contribution is -0.162. The number of halogens is 1. The minimum atomic E-state index is -1.42. The number of aliphatic hydroxyl groups is 1. The van der Waals surface area contributed by atoms with E-state index in [1.54, 1.807) is 24.0 Å². The molecule has 9 atom stereocenters. The van der Waals surface area contributed by atoms with Gasteiger partial charge >= 0.3 is 5.97 Å². The summed E-state index contributed by atoms with van der Waals surface area (Å²) in [5, 5.41) is 14.0. The van der Waals surface area contributed by atoms with Crippen molar-refractivity contribution in [2.24, 2.45) is 11.8 Å². The zero-order valence-electron chi connectivity index (χ0n) is 33.5. The molecule has 3 aliphatic heterocycles. The number of nitrogens with zero attached hydrogens (tertiary/aromatic N) is 3. The van der Waals surface area contributed by atoms with E-state index < -0.39 is 77.0 Å². The van der Waals surface area contributed by atoms with E-state index in [9.17, 15) is 14.7 Å². The van der Waals surface area contributed by atoms with Crippen LogP contribution in [0.25, 0.3) is 0 Å². The molecule has 6 rings (SSSR count). The maximum Gasteiger partial charge on any atom is 0.313 e. The predicted octanol–water partition coefficient (Wildman–Crippen LogP) is 6.16. The largest absolute Gasteiger partial charge is 0.455 e. The standard InChI is InChI=1S/C46H55BrN4O7/c1-6-10-21-37(53)48-30(5)40(32-19-15-12-16-20-32)57-45(56)38-39-43(54)51(35(29-52)27-31-17-13-11-14-18-31)42(46(39)28-36(47)41(38)58-46)44(55)50(26-7-2)34-24-22-33(23-25-34)49(8-3)9-4/h6-7,11-20,22-25,30,35-36,38-42,52H,1-2,8-10,21,26-29H2,3-5H3,(H,48,53)/t30-,35+,36?,38+,39-,40-,41+,42+,46-/m0/s1. The van der Waals surface area contributed by atoms with E-state index in [1.165, 1.54) is 4.90 Å². The first-order chi connectivity index (χ1) is 28.0. The summed E-state index contributed by atoms with van der Waals surface area (Å²) in [6.07, 6.45) is 2.91. The Labute approximate surface area is 350 Å². The number of alkyl halides is 1. The molecule has 0 radical (unpaired) electrons.